The fraction of sp³-hybridized carbons (Fsp3) is 0.375. The summed E-state index contributed by atoms with van der Waals surface area (Å²) in [7, 11) is 0. The summed E-state index contributed by atoms with van der Waals surface area (Å²) in [5.74, 6) is 0.863. The summed E-state index contributed by atoms with van der Waals surface area (Å²) in [6, 6.07) is 1.83. The van der Waals surface area contributed by atoms with Gasteiger partial charge in [-0.05, 0) is 22.0 Å². The van der Waals surface area contributed by atoms with Crippen LogP contribution in [0.1, 0.15) is 12.7 Å². The lowest BCUT2D eigenvalue weighted by atomic mass is 10.1. The van der Waals surface area contributed by atoms with E-state index in [1.54, 1.807) is 6.26 Å². The minimum atomic E-state index is 0.0254. The smallest absolute Gasteiger partial charge is 0.123 e. The van der Waals surface area contributed by atoms with Crippen LogP contribution >= 0.6 is 15.9 Å². The highest BCUT2D eigenvalue weighted by Gasteiger charge is 2.07. The van der Waals surface area contributed by atoms with Crippen LogP contribution in [0, 0.1) is 5.92 Å². The number of hydrogen-bond donors (Lipinski definition) is 0. The van der Waals surface area contributed by atoms with Gasteiger partial charge >= 0.3 is 0 Å². The van der Waals surface area contributed by atoms with Crippen molar-refractivity contribution in [1.29, 1.82) is 0 Å². The Balaban J connectivity index is 2.63. The summed E-state index contributed by atoms with van der Waals surface area (Å²) in [5, 5.41) is 0. The largest absolute Gasteiger partial charge is 0.468 e. The number of hydrogen-bond acceptors (Lipinski definition) is 2. The maximum atomic E-state index is 10.3. The van der Waals surface area contributed by atoms with Crippen LogP contribution in [0.2, 0.25) is 0 Å². The first kappa shape index (κ1) is 8.53. The van der Waals surface area contributed by atoms with Gasteiger partial charge in [-0.15, -0.1) is 0 Å². The molecule has 0 fully saturated rings. The Morgan fingerprint density at radius 3 is 3.00 bits per heavy atom. The second-order valence-corrected chi connectivity index (χ2v) is 3.36. The number of furan rings is 1. The van der Waals surface area contributed by atoms with Crippen molar-refractivity contribution >= 4 is 22.2 Å². The molecule has 0 aromatic carbocycles. The topological polar surface area (TPSA) is 30.2 Å². The average molecular weight is 217 g/mol. The standard InChI is InChI=1S/C8H9BrO2/c1-6(5-10)4-8-7(9)2-3-11-8/h2-3,5-6H,4H2,1H3. The van der Waals surface area contributed by atoms with Gasteiger partial charge in [0.2, 0.25) is 0 Å². The third kappa shape index (κ3) is 2.19. The Morgan fingerprint density at radius 2 is 2.55 bits per heavy atom. The first-order valence-electron chi connectivity index (χ1n) is 3.41. The molecule has 0 radical (unpaired) electrons. The van der Waals surface area contributed by atoms with Crippen molar-refractivity contribution in [2.45, 2.75) is 13.3 Å². The van der Waals surface area contributed by atoms with Crippen molar-refractivity contribution < 1.29 is 9.21 Å². The lowest BCUT2D eigenvalue weighted by molar-refractivity contribution is -0.110. The van der Waals surface area contributed by atoms with E-state index < -0.39 is 0 Å². The monoisotopic (exact) mass is 216 g/mol. The predicted octanol–water partition coefficient (Wildman–Crippen LogP) is 2.42. The number of rotatable bonds is 3. The molecule has 0 bridgehead atoms. The van der Waals surface area contributed by atoms with E-state index in [2.05, 4.69) is 15.9 Å². The minimum Gasteiger partial charge on any atom is -0.468 e. The van der Waals surface area contributed by atoms with Crippen molar-refractivity contribution in [3.8, 4) is 0 Å². The quantitative estimate of drug-likeness (QED) is 0.727. The molecule has 0 amide bonds. The van der Waals surface area contributed by atoms with Gasteiger partial charge in [0.15, 0.2) is 0 Å². The molecule has 1 atom stereocenters. The SMILES string of the molecule is CC(C=O)Cc1occc1Br. The Kier molecular flexibility index (Phi) is 2.88. The Bertz CT molecular complexity index is 242. The van der Waals surface area contributed by atoms with Crippen LogP contribution in [0.25, 0.3) is 0 Å². The summed E-state index contributed by atoms with van der Waals surface area (Å²) in [6.07, 6.45) is 3.20. The zero-order valence-electron chi connectivity index (χ0n) is 6.21. The first-order chi connectivity index (χ1) is 5.24. The molecule has 3 heteroatoms. The van der Waals surface area contributed by atoms with E-state index in [1.165, 1.54) is 0 Å². The zero-order valence-corrected chi connectivity index (χ0v) is 7.80. The van der Waals surface area contributed by atoms with Crippen molar-refractivity contribution in [2.75, 3.05) is 0 Å². The number of carbonyl (C=O) groups is 1. The van der Waals surface area contributed by atoms with E-state index >= 15 is 0 Å². The van der Waals surface area contributed by atoms with Gasteiger partial charge in [0.1, 0.15) is 12.0 Å². The van der Waals surface area contributed by atoms with Crippen molar-refractivity contribution in [2.24, 2.45) is 5.92 Å². The molecular weight excluding hydrogens is 208 g/mol. The van der Waals surface area contributed by atoms with E-state index in [-0.39, 0.29) is 5.92 Å². The average Bonchev–Trinajstić information content (AvgIpc) is 2.37. The molecule has 1 rings (SSSR count). The molecule has 1 unspecified atom stereocenters. The molecule has 0 saturated heterocycles. The Labute approximate surface area is 73.7 Å². The summed E-state index contributed by atoms with van der Waals surface area (Å²) in [4.78, 5) is 10.3. The molecule has 0 aliphatic carbocycles. The summed E-state index contributed by atoms with van der Waals surface area (Å²) < 4.78 is 6.07. The second kappa shape index (κ2) is 3.72. The van der Waals surface area contributed by atoms with Crippen LogP contribution in [-0.2, 0) is 11.2 Å². The van der Waals surface area contributed by atoms with Crippen LogP contribution in [0.15, 0.2) is 21.2 Å². The lowest BCUT2D eigenvalue weighted by Crippen LogP contribution is -1.99. The third-order valence-corrected chi connectivity index (χ3v) is 2.14. The van der Waals surface area contributed by atoms with E-state index in [1.807, 2.05) is 13.0 Å². The predicted molar refractivity (Wildman–Crippen MR) is 45.3 cm³/mol. The summed E-state index contributed by atoms with van der Waals surface area (Å²) in [5.41, 5.74) is 0. The molecular formula is C8H9BrO2. The molecule has 0 saturated carbocycles. The van der Waals surface area contributed by atoms with Crippen molar-refractivity contribution in [3.05, 3.63) is 22.6 Å². The molecule has 2 nitrogen and oxygen atoms in total. The van der Waals surface area contributed by atoms with E-state index in [0.29, 0.717) is 6.42 Å². The zero-order chi connectivity index (χ0) is 8.27. The molecule has 0 aliphatic heterocycles. The minimum absolute atomic E-state index is 0.0254. The number of aldehydes is 1. The fourth-order valence-corrected chi connectivity index (χ4v) is 1.17. The van der Waals surface area contributed by atoms with Gasteiger partial charge in [0, 0.05) is 12.3 Å². The Hall–Kier alpha value is -0.570. The molecule has 60 valence electrons. The highest BCUT2D eigenvalue weighted by molar-refractivity contribution is 9.10. The maximum absolute atomic E-state index is 10.3. The van der Waals surface area contributed by atoms with Crippen LogP contribution < -0.4 is 0 Å². The second-order valence-electron chi connectivity index (χ2n) is 2.51. The number of halogens is 1. The van der Waals surface area contributed by atoms with Gasteiger partial charge in [-0.2, -0.15) is 0 Å². The van der Waals surface area contributed by atoms with Gasteiger partial charge < -0.3 is 9.21 Å². The highest BCUT2D eigenvalue weighted by atomic mass is 79.9. The normalized spacial score (nSPS) is 12.9. The molecule has 1 aromatic heterocycles. The molecule has 1 heterocycles. The van der Waals surface area contributed by atoms with Gasteiger partial charge in [0.05, 0.1) is 10.7 Å². The third-order valence-electron chi connectivity index (χ3n) is 1.43. The maximum Gasteiger partial charge on any atom is 0.123 e. The van der Waals surface area contributed by atoms with Crippen LogP contribution in [-0.4, -0.2) is 6.29 Å². The van der Waals surface area contributed by atoms with Crippen LogP contribution in [0.4, 0.5) is 0 Å². The van der Waals surface area contributed by atoms with Gasteiger partial charge in [0.25, 0.3) is 0 Å². The molecule has 1 aromatic rings. The molecule has 11 heavy (non-hydrogen) atoms. The highest BCUT2D eigenvalue weighted by Crippen LogP contribution is 2.19. The lowest BCUT2D eigenvalue weighted by Gasteiger charge is -1.99. The van der Waals surface area contributed by atoms with Crippen molar-refractivity contribution in [1.82, 2.24) is 0 Å². The van der Waals surface area contributed by atoms with Gasteiger partial charge in [-0.25, -0.2) is 0 Å². The summed E-state index contributed by atoms with van der Waals surface area (Å²) in [6.45, 7) is 1.86. The van der Waals surface area contributed by atoms with Gasteiger partial charge in [-0.1, -0.05) is 6.92 Å². The van der Waals surface area contributed by atoms with E-state index in [4.69, 9.17) is 4.42 Å². The van der Waals surface area contributed by atoms with E-state index in [9.17, 15) is 4.79 Å². The molecule has 0 aliphatic rings. The Morgan fingerprint density at radius 1 is 1.82 bits per heavy atom. The van der Waals surface area contributed by atoms with Crippen LogP contribution in [0.5, 0.6) is 0 Å². The first-order valence-corrected chi connectivity index (χ1v) is 4.20. The van der Waals surface area contributed by atoms with Gasteiger partial charge in [-0.3, -0.25) is 0 Å². The molecule has 0 N–H and O–H groups in total. The van der Waals surface area contributed by atoms with Crippen LogP contribution in [0.3, 0.4) is 0 Å². The van der Waals surface area contributed by atoms with E-state index in [0.717, 1.165) is 16.5 Å². The summed E-state index contributed by atoms with van der Waals surface area (Å²) >= 11 is 3.31. The number of carbonyl (C=O) groups excluding carboxylic acids is 1. The van der Waals surface area contributed by atoms with Crippen molar-refractivity contribution in [3.63, 3.8) is 0 Å². The fourth-order valence-electron chi connectivity index (χ4n) is 0.811. The molecule has 0 spiro atoms.